The summed E-state index contributed by atoms with van der Waals surface area (Å²) in [4.78, 5) is 23.3. The highest BCUT2D eigenvalue weighted by Crippen LogP contribution is 2.24. The Kier molecular flexibility index (Phi) is 3.73. The van der Waals surface area contributed by atoms with Crippen molar-refractivity contribution < 1.29 is 0 Å². The molecule has 5 nitrogen and oxygen atoms in total. The third-order valence-corrected chi connectivity index (χ3v) is 4.44. The summed E-state index contributed by atoms with van der Waals surface area (Å²) in [5.74, 6) is 1.34. The van der Waals surface area contributed by atoms with Crippen molar-refractivity contribution in [1.82, 2.24) is 19.5 Å². The van der Waals surface area contributed by atoms with Crippen molar-refractivity contribution >= 4 is 34.5 Å². The van der Waals surface area contributed by atoms with E-state index in [0.29, 0.717) is 17.0 Å². The number of aromatic amines is 1. The van der Waals surface area contributed by atoms with Gasteiger partial charge in [0.25, 0.3) is 5.56 Å². The van der Waals surface area contributed by atoms with Crippen LogP contribution in [0.5, 0.6) is 0 Å². The molecule has 3 aromatic rings. The largest absolute Gasteiger partial charge is 0.309 e. The number of imidazole rings is 1. The highest BCUT2D eigenvalue weighted by molar-refractivity contribution is 7.98. The van der Waals surface area contributed by atoms with Crippen molar-refractivity contribution in [2.24, 2.45) is 7.05 Å². The van der Waals surface area contributed by atoms with Crippen LogP contribution in [-0.2, 0) is 12.8 Å². The second-order valence-electron chi connectivity index (χ2n) is 4.69. The number of thioether (sulfide) groups is 1. The maximum absolute atomic E-state index is 11.9. The minimum Gasteiger partial charge on any atom is -0.309 e. The van der Waals surface area contributed by atoms with Crippen LogP contribution in [0.25, 0.3) is 11.2 Å². The SMILES string of the molecule is Cc1nc2c(nc(SCc3ccc(Cl)cc3)n2C)c(=O)[nH]1. The van der Waals surface area contributed by atoms with E-state index in [1.165, 1.54) is 0 Å². The van der Waals surface area contributed by atoms with E-state index in [4.69, 9.17) is 11.6 Å². The molecule has 0 spiro atoms. The molecule has 0 bridgehead atoms. The Hall–Kier alpha value is -1.79. The Bertz CT molecular complexity index is 854. The lowest BCUT2D eigenvalue weighted by molar-refractivity contribution is 0.803. The molecule has 0 amide bonds. The number of hydrogen-bond acceptors (Lipinski definition) is 4. The highest BCUT2D eigenvalue weighted by Gasteiger charge is 2.13. The molecule has 1 N–H and O–H groups in total. The summed E-state index contributed by atoms with van der Waals surface area (Å²) in [7, 11) is 1.87. The maximum Gasteiger partial charge on any atom is 0.279 e. The number of fused-ring (bicyclic) bond motifs is 1. The first-order valence-corrected chi connectivity index (χ1v) is 7.71. The monoisotopic (exact) mass is 320 g/mol. The number of hydrogen-bond donors (Lipinski definition) is 1. The van der Waals surface area contributed by atoms with Crippen molar-refractivity contribution in [3.63, 3.8) is 0 Å². The van der Waals surface area contributed by atoms with Crippen molar-refractivity contribution in [2.45, 2.75) is 17.8 Å². The van der Waals surface area contributed by atoms with E-state index < -0.39 is 0 Å². The second-order valence-corrected chi connectivity index (χ2v) is 6.07. The number of benzene rings is 1. The molecule has 2 heterocycles. The van der Waals surface area contributed by atoms with Gasteiger partial charge >= 0.3 is 0 Å². The molecule has 2 aromatic heterocycles. The van der Waals surface area contributed by atoms with Crippen LogP contribution in [0.3, 0.4) is 0 Å². The van der Waals surface area contributed by atoms with Gasteiger partial charge in [0, 0.05) is 17.8 Å². The number of halogens is 1. The van der Waals surface area contributed by atoms with Crippen LogP contribution < -0.4 is 5.56 Å². The number of nitrogens with one attached hydrogen (secondary N) is 1. The molecule has 0 radical (unpaired) electrons. The Morgan fingerprint density at radius 3 is 2.71 bits per heavy atom. The Morgan fingerprint density at radius 1 is 1.29 bits per heavy atom. The van der Waals surface area contributed by atoms with Crippen LogP contribution in [0, 0.1) is 6.92 Å². The molecule has 108 valence electrons. The zero-order valence-corrected chi connectivity index (χ0v) is 13.1. The van der Waals surface area contributed by atoms with E-state index in [1.54, 1.807) is 18.7 Å². The van der Waals surface area contributed by atoms with Gasteiger partial charge in [-0.1, -0.05) is 35.5 Å². The molecular weight excluding hydrogens is 308 g/mol. The number of rotatable bonds is 3. The van der Waals surface area contributed by atoms with Crippen molar-refractivity contribution in [3.05, 3.63) is 51.0 Å². The van der Waals surface area contributed by atoms with Gasteiger partial charge in [-0.25, -0.2) is 9.97 Å². The second kappa shape index (κ2) is 5.54. The van der Waals surface area contributed by atoms with Gasteiger partial charge in [0.05, 0.1) is 0 Å². The van der Waals surface area contributed by atoms with E-state index in [2.05, 4.69) is 15.0 Å². The van der Waals surface area contributed by atoms with Gasteiger partial charge in [-0.15, -0.1) is 0 Å². The highest BCUT2D eigenvalue weighted by atomic mass is 35.5. The van der Waals surface area contributed by atoms with Gasteiger partial charge in [-0.2, -0.15) is 0 Å². The summed E-state index contributed by atoms with van der Waals surface area (Å²) in [5.41, 5.74) is 1.93. The van der Waals surface area contributed by atoms with Crippen LogP contribution in [0.1, 0.15) is 11.4 Å². The molecule has 0 atom stereocenters. The predicted molar refractivity (Wildman–Crippen MR) is 84.9 cm³/mol. The average molecular weight is 321 g/mol. The van der Waals surface area contributed by atoms with Crippen LogP contribution in [0.15, 0.2) is 34.2 Å². The first-order valence-electron chi connectivity index (χ1n) is 6.35. The minimum atomic E-state index is -0.202. The van der Waals surface area contributed by atoms with Gasteiger partial charge in [0.1, 0.15) is 5.82 Å². The maximum atomic E-state index is 11.9. The molecule has 21 heavy (non-hydrogen) atoms. The smallest absolute Gasteiger partial charge is 0.279 e. The molecule has 1 aromatic carbocycles. The third-order valence-electron chi connectivity index (χ3n) is 3.09. The lowest BCUT2D eigenvalue weighted by Crippen LogP contribution is -2.10. The van der Waals surface area contributed by atoms with Gasteiger partial charge in [0.2, 0.25) is 0 Å². The first kappa shape index (κ1) is 14.2. The summed E-state index contributed by atoms with van der Waals surface area (Å²) >= 11 is 7.43. The lowest BCUT2D eigenvalue weighted by atomic mass is 10.2. The first-order chi connectivity index (χ1) is 10.0. The standard InChI is InChI=1S/C14H13ClN4OS/c1-8-16-12-11(13(20)17-8)18-14(19(12)2)21-7-9-3-5-10(15)6-4-9/h3-6H,7H2,1-2H3,(H,16,17,20). The van der Waals surface area contributed by atoms with Crippen LogP contribution in [-0.4, -0.2) is 19.5 Å². The topological polar surface area (TPSA) is 63.6 Å². The van der Waals surface area contributed by atoms with Crippen molar-refractivity contribution in [3.8, 4) is 0 Å². The molecule has 3 rings (SSSR count). The fourth-order valence-electron chi connectivity index (χ4n) is 2.02. The zero-order valence-electron chi connectivity index (χ0n) is 11.6. The molecule has 0 fully saturated rings. The normalized spacial score (nSPS) is 11.2. The summed E-state index contributed by atoms with van der Waals surface area (Å²) in [5, 5.41) is 1.49. The van der Waals surface area contributed by atoms with E-state index in [1.807, 2.05) is 35.9 Å². The molecular formula is C14H13ClN4OS. The van der Waals surface area contributed by atoms with E-state index in [9.17, 15) is 4.79 Å². The van der Waals surface area contributed by atoms with E-state index in [-0.39, 0.29) is 5.56 Å². The predicted octanol–water partition coefficient (Wildman–Crippen LogP) is 2.91. The number of aryl methyl sites for hydroxylation is 2. The van der Waals surface area contributed by atoms with Crippen LogP contribution in [0.2, 0.25) is 5.02 Å². The Labute approximate surface area is 130 Å². The van der Waals surface area contributed by atoms with Crippen molar-refractivity contribution in [1.29, 1.82) is 0 Å². The molecule has 0 saturated carbocycles. The van der Waals surface area contributed by atoms with E-state index >= 15 is 0 Å². The average Bonchev–Trinajstić information content (AvgIpc) is 2.76. The third kappa shape index (κ3) is 2.82. The number of aromatic nitrogens is 4. The summed E-state index contributed by atoms with van der Waals surface area (Å²) in [6.45, 7) is 1.76. The number of H-pyrrole nitrogens is 1. The molecule has 0 aliphatic carbocycles. The Balaban J connectivity index is 1.91. The summed E-state index contributed by atoms with van der Waals surface area (Å²) in [6, 6.07) is 7.68. The zero-order chi connectivity index (χ0) is 15.0. The summed E-state index contributed by atoms with van der Waals surface area (Å²) < 4.78 is 1.85. The van der Waals surface area contributed by atoms with Gasteiger partial charge in [0.15, 0.2) is 16.3 Å². The van der Waals surface area contributed by atoms with Crippen LogP contribution >= 0.6 is 23.4 Å². The quantitative estimate of drug-likeness (QED) is 0.754. The molecule has 0 unspecified atom stereocenters. The van der Waals surface area contributed by atoms with Gasteiger partial charge in [-0.3, -0.25) is 4.79 Å². The minimum absolute atomic E-state index is 0.202. The lowest BCUT2D eigenvalue weighted by Gasteiger charge is -2.02. The molecule has 0 saturated heterocycles. The van der Waals surface area contributed by atoms with Crippen LogP contribution in [0.4, 0.5) is 0 Å². The van der Waals surface area contributed by atoms with Gasteiger partial charge < -0.3 is 9.55 Å². The summed E-state index contributed by atoms with van der Waals surface area (Å²) in [6.07, 6.45) is 0. The van der Waals surface area contributed by atoms with Gasteiger partial charge in [-0.05, 0) is 24.6 Å². The molecule has 0 aliphatic rings. The molecule has 7 heteroatoms. The molecule has 0 aliphatic heterocycles. The fourth-order valence-corrected chi connectivity index (χ4v) is 3.07. The van der Waals surface area contributed by atoms with Crippen molar-refractivity contribution in [2.75, 3.05) is 0 Å². The van der Waals surface area contributed by atoms with E-state index in [0.717, 1.165) is 21.5 Å². The number of nitrogens with zero attached hydrogens (tertiary/aromatic N) is 3. The fraction of sp³-hybridized carbons (Fsp3) is 0.214. The Morgan fingerprint density at radius 2 is 2.00 bits per heavy atom.